The van der Waals surface area contributed by atoms with Gasteiger partial charge in [0.25, 0.3) is 0 Å². The fraction of sp³-hybridized carbons (Fsp3) is 0.379. The summed E-state index contributed by atoms with van der Waals surface area (Å²) in [6, 6.07) is 22.6. The van der Waals surface area contributed by atoms with Crippen LogP contribution in [0.1, 0.15) is 73.1 Å². The van der Waals surface area contributed by atoms with Gasteiger partial charge in [-0.2, -0.15) is 0 Å². The van der Waals surface area contributed by atoms with Crippen molar-refractivity contribution in [1.82, 2.24) is 0 Å². The molecule has 0 aromatic heterocycles. The van der Waals surface area contributed by atoms with Crippen molar-refractivity contribution in [3.8, 4) is 0 Å². The first-order valence-electron chi connectivity index (χ1n) is 11.8. The molecule has 1 unspecified atom stereocenters. The molecule has 32 heavy (non-hydrogen) atoms. The molecule has 0 heterocycles. The van der Waals surface area contributed by atoms with Gasteiger partial charge in [-0.25, -0.2) is 8.78 Å². The number of hydrogen-bond acceptors (Lipinski definition) is 0. The van der Waals surface area contributed by atoms with Crippen LogP contribution in [0.3, 0.4) is 0 Å². The first-order chi connectivity index (χ1) is 15.5. The predicted octanol–water partition coefficient (Wildman–Crippen LogP) is 8.87. The highest BCUT2D eigenvalue weighted by Gasteiger charge is 2.24. The summed E-state index contributed by atoms with van der Waals surface area (Å²) in [5, 5.41) is -0.400. The van der Waals surface area contributed by atoms with Gasteiger partial charge in [0.05, 0.1) is 0 Å². The highest BCUT2D eigenvalue weighted by molar-refractivity contribution is 6.30. The zero-order valence-corrected chi connectivity index (χ0v) is 19.4. The smallest absolute Gasteiger partial charge is 0.145 e. The quantitative estimate of drug-likeness (QED) is 0.314. The maximum absolute atomic E-state index is 13.8. The summed E-state index contributed by atoms with van der Waals surface area (Å²) in [4.78, 5) is 0. The Morgan fingerprint density at radius 2 is 1.44 bits per heavy atom. The first kappa shape index (κ1) is 23.0. The molecule has 1 fully saturated rings. The Morgan fingerprint density at radius 3 is 2.06 bits per heavy atom. The van der Waals surface area contributed by atoms with E-state index in [1.54, 1.807) is 0 Å². The Balaban J connectivity index is 1.24. The Kier molecular flexibility index (Phi) is 7.63. The van der Waals surface area contributed by atoms with Gasteiger partial charge in [0.15, 0.2) is 0 Å². The molecule has 3 heteroatoms. The van der Waals surface area contributed by atoms with Crippen molar-refractivity contribution in [2.75, 3.05) is 0 Å². The molecule has 0 N–H and O–H groups in total. The average Bonchev–Trinajstić information content (AvgIpc) is 2.82. The van der Waals surface area contributed by atoms with Crippen LogP contribution in [0.25, 0.3) is 0 Å². The first-order valence-corrected chi connectivity index (χ1v) is 12.1. The molecule has 0 radical (unpaired) electrons. The molecule has 0 aliphatic heterocycles. The lowest BCUT2D eigenvalue weighted by Crippen LogP contribution is -2.14. The molecule has 0 bridgehead atoms. The third-order valence-corrected chi connectivity index (χ3v) is 7.46. The largest absolute Gasteiger partial charge is 0.205 e. The second-order valence-corrected chi connectivity index (χ2v) is 9.77. The van der Waals surface area contributed by atoms with Gasteiger partial charge in [0.2, 0.25) is 0 Å². The van der Waals surface area contributed by atoms with E-state index in [1.807, 2.05) is 0 Å². The number of rotatable bonds is 7. The van der Waals surface area contributed by atoms with Crippen molar-refractivity contribution in [2.45, 2.75) is 63.7 Å². The van der Waals surface area contributed by atoms with E-state index in [9.17, 15) is 8.78 Å². The van der Waals surface area contributed by atoms with Crippen molar-refractivity contribution in [1.29, 1.82) is 0 Å². The Bertz CT molecular complexity index is 982. The van der Waals surface area contributed by atoms with E-state index in [1.165, 1.54) is 35.2 Å². The molecule has 4 rings (SSSR count). The van der Waals surface area contributed by atoms with Crippen LogP contribution in [0, 0.1) is 17.6 Å². The van der Waals surface area contributed by atoms with E-state index in [0.29, 0.717) is 11.8 Å². The second kappa shape index (κ2) is 10.6. The van der Waals surface area contributed by atoms with Crippen molar-refractivity contribution < 1.29 is 8.78 Å². The van der Waals surface area contributed by atoms with Crippen molar-refractivity contribution in [2.24, 2.45) is 5.92 Å². The molecule has 0 amide bonds. The monoisotopic (exact) mass is 452 g/mol. The fourth-order valence-corrected chi connectivity index (χ4v) is 5.17. The minimum absolute atomic E-state index is 0.235. The zero-order valence-electron chi connectivity index (χ0n) is 18.7. The third-order valence-electron chi connectivity index (χ3n) is 7.10. The lowest BCUT2D eigenvalue weighted by Gasteiger charge is -2.29. The van der Waals surface area contributed by atoms with E-state index in [4.69, 9.17) is 11.6 Å². The number of halogens is 3. The van der Waals surface area contributed by atoms with E-state index >= 15 is 0 Å². The summed E-state index contributed by atoms with van der Waals surface area (Å²) in [7, 11) is 0. The van der Waals surface area contributed by atoms with Crippen LogP contribution in [0.5, 0.6) is 0 Å². The molecule has 1 aliphatic carbocycles. The Labute approximate surface area is 195 Å². The van der Waals surface area contributed by atoms with Gasteiger partial charge in [0.1, 0.15) is 16.7 Å². The number of aryl methyl sites for hydroxylation is 1. The van der Waals surface area contributed by atoms with Gasteiger partial charge in [-0.05, 0) is 97.1 Å². The minimum Gasteiger partial charge on any atom is -0.205 e. The molecule has 3 aromatic rings. The molecule has 1 aliphatic rings. The van der Waals surface area contributed by atoms with Crippen LogP contribution >= 0.6 is 11.6 Å². The molecule has 168 valence electrons. The summed E-state index contributed by atoms with van der Waals surface area (Å²) in [5.74, 6) is 0.139. The maximum atomic E-state index is 13.8. The topological polar surface area (TPSA) is 0 Å². The molecule has 3 aromatic carbocycles. The molecule has 0 saturated heterocycles. The highest BCUT2D eigenvalue weighted by Crippen LogP contribution is 2.38. The molecular weight excluding hydrogens is 422 g/mol. The van der Waals surface area contributed by atoms with Crippen LogP contribution in [0.15, 0.2) is 66.7 Å². The van der Waals surface area contributed by atoms with Crippen LogP contribution in [-0.2, 0) is 12.8 Å². The summed E-state index contributed by atoms with van der Waals surface area (Å²) in [6.45, 7) is 2.28. The molecule has 0 spiro atoms. The molecule has 1 atom stereocenters. The van der Waals surface area contributed by atoms with Gasteiger partial charge >= 0.3 is 0 Å². The lowest BCUT2D eigenvalue weighted by molar-refractivity contribution is 0.309. The predicted molar refractivity (Wildman–Crippen MR) is 129 cm³/mol. The van der Waals surface area contributed by atoms with Crippen LogP contribution in [0.4, 0.5) is 8.78 Å². The standard InChI is InChI=1S/C29H31ClF2/c1-20(24-5-3-2-4-6-24)17-23-11-9-21(10-12-23)7-8-22-13-15-25(16-14-22)26-18-27(31)29(30)28(32)19-26/h2-6,9-12,18-20,22,25H,7-8,13-17H2,1H3. The average molecular weight is 453 g/mol. The number of benzene rings is 3. The third kappa shape index (κ3) is 5.78. The van der Waals surface area contributed by atoms with Crippen LogP contribution in [-0.4, -0.2) is 0 Å². The van der Waals surface area contributed by atoms with E-state index in [-0.39, 0.29) is 5.92 Å². The van der Waals surface area contributed by atoms with Crippen molar-refractivity contribution in [3.63, 3.8) is 0 Å². The van der Waals surface area contributed by atoms with Gasteiger partial charge in [0, 0.05) is 0 Å². The molecular formula is C29H31ClF2. The van der Waals surface area contributed by atoms with Crippen LogP contribution in [0.2, 0.25) is 5.02 Å². The minimum atomic E-state index is -0.648. The van der Waals surface area contributed by atoms with E-state index in [2.05, 4.69) is 61.5 Å². The maximum Gasteiger partial charge on any atom is 0.145 e. The lowest BCUT2D eigenvalue weighted by atomic mass is 9.77. The Morgan fingerprint density at radius 1 is 0.844 bits per heavy atom. The van der Waals surface area contributed by atoms with Gasteiger partial charge < -0.3 is 0 Å². The van der Waals surface area contributed by atoms with Crippen molar-refractivity contribution in [3.05, 3.63) is 106 Å². The summed E-state index contributed by atoms with van der Waals surface area (Å²) in [6.07, 6.45) is 7.53. The zero-order chi connectivity index (χ0) is 22.5. The van der Waals surface area contributed by atoms with Crippen LogP contribution < -0.4 is 0 Å². The number of hydrogen-bond donors (Lipinski definition) is 0. The van der Waals surface area contributed by atoms with Gasteiger partial charge in [-0.15, -0.1) is 0 Å². The van der Waals surface area contributed by atoms with Gasteiger partial charge in [-0.3, -0.25) is 0 Å². The summed E-state index contributed by atoms with van der Waals surface area (Å²) in [5.41, 5.74) is 4.91. The molecule has 1 saturated carbocycles. The van der Waals surface area contributed by atoms with E-state index < -0.39 is 16.7 Å². The molecule has 0 nitrogen and oxygen atoms in total. The fourth-order valence-electron chi connectivity index (χ4n) is 5.06. The SMILES string of the molecule is CC(Cc1ccc(CCC2CCC(c3cc(F)c(Cl)c(F)c3)CC2)cc1)c1ccccc1. The van der Waals surface area contributed by atoms with E-state index in [0.717, 1.165) is 44.1 Å². The normalized spacial score (nSPS) is 19.6. The Hall–Kier alpha value is -2.19. The summed E-state index contributed by atoms with van der Waals surface area (Å²) < 4.78 is 27.6. The highest BCUT2D eigenvalue weighted by atomic mass is 35.5. The van der Waals surface area contributed by atoms with Crippen molar-refractivity contribution >= 4 is 11.6 Å². The second-order valence-electron chi connectivity index (χ2n) is 9.39. The summed E-state index contributed by atoms with van der Waals surface area (Å²) >= 11 is 5.62. The van der Waals surface area contributed by atoms with Gasteiger partial charge in [-0.1, -0.05) is 73.1 Å².